The molecule has 0 aromatic heterocycles. The smallest absolute Gasteiger partial charge is 0.242 e. The molecule has 0 fully saturated rings. The van der Waals surface area contributed by atoms with Crippen LogP contribution < -0.4 is 4.72 Å². The Morgan fingerprint density at radius 3 is 2.16 bits per heavy atom. The van der Waals surface area contributed by atoms with Gasteiger partial charge in [0.2, 0.25) is 10.0 Å². The molecule has 0 heterocycles. The highest BCUT2D eigenvalue weighted by molar-refractivity contribution is 7.89. The van der Waals surface area contributed by atoms with Crippen LogP contribution in [0.15, 0.2) is 17.0 Å². The number of carbonyl (C=O) groups excluding carboxylic acids is 1. The number of ketones is 1. The van der Waals surface area contributed by atoms with Crippen LogP contribution in [-0.2, 0) is 10.0 Å². The van der Waals surface area contributed by atoms with Crippen molar-refractivity contribution in [1.82, 2.24) is 4.72 Å². The minimum atomic E-state index is -3.81. The Morgan fingerprint density at radius 1 is 1.21 bits per heavy atom. The predicted molar refractivity (Wildman–Crippen MR) is 76.5 cm³/mol. The van der Waals surface area contributed by atoms with Crippen LogP contribution in [-0.4, -0.2) is 19.7 Å². The molecule has 1 aromatic rings. The van der Waals surface area contributed by atoms with Crippen LogP contribution in [0.5, 0.6) is 0 Å². The summed E-state index contributed by atoms with van der Waals surface area (Å²) in [5, 5.41) is -0.0241. The predicted octanol–water partition coefficient (Wildman–Crippen LogP) is 3.27. The zero-order valence-electron chi connectivity index (χ0n) is 11.0. The third-order valence-electron chi connectivity index (χ3n) is 2.14. The molecule has 0 bridgehead atoms. The molecule has 0 aliphatic carbocycles. The Bertz CT molecular complexity index is 619. The van der Waals surface area contributed by atoms with Crippen molar-refractivity contribution in [2.45, 2.75) is 38.1 Å². The number of benzene rings is 1. The molecule has 0 saturated heterocycles. The number of halogens is 2. The summed E-state index contributed by atoms with van der Waals surface area (Å²) in [4.78, 5) is 11.3. The molecule has 0 radical (unpaired) electrons. The van der Waals surface area contributed by atoms with Crippen LogP contribution in [0, 0.1) is 0 Å². The van der Waals surface area contributed by atoms with Crippen molar-refractivity contribution < 1.29 is 13.2 Å². The van der Waals surface area contributed by atoms with Gasteiger partial charge in [-0.25, -0.2) is 13.1 Å². The SMILES string of the molecule is CC(=O)c1c(Cl)ccc(S(=O)(=O)NC(C)(C)C)c1Cl. The summed E-state index contributed by atoms with van der Waals surface area (Å²) in [7, 11) is -3.81. The minimum absolute atomic E-state index is 0.0140. The maximum Gasteiger partial charge on any atom is 0.242 e. The lowest BCUT2D eigenvalue weighted by Crippen LogP contribution is -2.40. The fourth-order valence-corrected chi connectivity index (χ4v) is 3.96. The average molecular weight is 324 g/mol. The number of sulfonamides is 1. The zero-order valence-corrected chi connectivity index (χ0v) is 13.4. The van der Waals surface area contributed by atoms with Crippen molar-refractivity contribution in [3.63, 3.8) is 0 Å². The number of rotatable bonds is 3. The standard InChI is InChI=1S/C12H15Cl2NO3S/c1-7(16)10-8(13)5-6-9(11(10)14)19(17,18)15-12(2,3)4/h5-6,15H,1-4H3. The fraction of sp³-hybridized carbons (Fsp3) is 0.417. The summed E-state index contributed by atoms with van der Waals surface area (Å²) in [5.41, 5.74) is -0.641. The fourth-order valence-electron chi connectivity index (χ4n) is 1.52. The molecular formula is C12H15Cl2NO3S. The first kappa shape index (κ1) is 16.4. The van der Waals surface area contributed by atoms with Crippen LogP contribution in [0.2, 0.25) is 10.0 Å². The van der Waals surface area contributed by atoms with Crippen molar-refractivity contribution in [3.8, 4) is 0 Å². The van der Waals surface area contributed by atoms with Crippen LogP contribution >= 0.6 is 23.2 Å². The van der Waals surface area contributed by atoms with Crippen LogP contribution in [0.1, 0.15) is 38.1 Å². The van der Waals surface area contributed by atoms with E-state index in [1.807, 2.05) is 0 Å². The lowest BCUT2D eigenvalue weighted by atomic mass is 10.1. The minimum Gasteiger partial charge on any atom is -0.294 e. The van der Waals surface area contributed by atoms with Crippen LogP contribution in [0.3, 0.4) is 0 Å². The zero-order chi connectivity index (χ0) is 15.0. The van der Waals surface area contributed by atoms with Crippen molar-refractivity contribution in [3.05, 3.63) is 27.7 Å². The Balaban J connectivity index is 3.46. The van der Waals surface area contributed by atoms with E-state index in [9.17, 15) is 13.2 Å². The number of carbonyl (C=O) groups is 1. The second-order valence-corrected chi connectivity index (χ2v) is 7.58. The molecule has 0 saturated carbocycles. The molecule has 1 rings (SSSR count). The summed E-state index contributed by atoms with van der Waals surface area (Å²) < 4.78 is 26.9. The number of hydrogen-bond donors (Lipinski definition) is 1. The monoisotopic (exact) mass is 323 g/mol. The first-order chi connectivity index (χ1) is 8.46. The highest BCUT2D eigenvalue weighted by Crippen LogP contribution is 2.31. The molecule has 106 valence electrons. The third-order valence-corrected chi connectivity index (χ3v) is 4.76. The van der Waals surface area contributed by atoms with Gasteiger partial charge in [-0.15, -0.1) is 0 Å². The van der Waals surface area contributed by atoms with E-state index in [0.29, 0.717) is 0 Å². The van der Waals surface area contributed by atoms with E-state index in [2.05, 4.69) is 4.72 Å². The van der Waals surface area contributed by atoms with E-state index < -0.39 is 15.6 Å². The maximum absolute atomic E-state index is 12.2. The van der Waals surface area contributed by atoms with Gasteiger partial charge in [0.25, 0.3) is 0 Å². The molecule has 0 unspecified atom stereocenters. The van der Waals surface area contributed by atoms with E-state index in [0.717, 1.165) is 0 Å². The van der Waals surface area contributed by atoms with Gasteiger partial charge in [-0.05, 0) is 39.8 Å². The highest BCUT2D eigenvalue weighted by Gasteiger charge is 2.27. The molecule has 1 aromatic carbocycles. The average Bonchev–Trinajstić information content (AvgIpc) is 2.11. The first-order valence-electron chi connectivity index (χ1n) is 5.48. The molecule has 0 amide bonds. The topological polar surface area (TPSA) is 63.2 Å². The molecule has 0 aliphatic rings. The van der Waals surface area contributed by atoms with E-state index in [1.165, 1.54) is 19.1 Å². The first-order valence-corrected chi connectivity index (χ1v) is 7.72. The lowest BCUT2D eigenvalue weighted by Gasteiger charge is -2.21. The molecule has 7 heteroatoms. The van der Waals surface area contributed by atoms with Gasteiger partial charge in [0.05, 0.1) is 15.6 Å². The molecule has 0 atom stereocenters. The quantitative estimate of drug-likeness (QED) is 0.868. The van der Waals surface area contributed by atoms with Crippen LogP contribution in [0.4, 0.5) is 0 Å². The lowest BCUT2D eigenvalue weighted by molar-refractivity contribution is 0.101. The molecule has 19 heavy (non-hydrogen) atoms. The summed E-state index contributed by atoms with van der Waals surface area (Å²) in [5.74, 6) is -0.386. The summed E-state index contributed by atoms with van der Waals surface area (Å²) >= 11 is 11.9. The Hall–Kier alpha value is -0.620. The van der Waals surface area contributed by atoms with Gasteiger partial charge in [0, 0.05) is 5.54 Å². The molecule has 4 nitrogen and oxygen atoms in total. The third kappa shape index (κ3) is 3.92. The van der Waals surface area contributed by atoms with Gasteiger partial charge in [0.15, 0.2) is 5.78 Å². The summed E-state index contributed by atoms with van der Waals surface area (Å²) in [6, 6.07) is 2.63. The molecule has 0 spiro atoms. The Kier molecular flexibility index (Phi) is 4.67. The number of nitrogens with one attached hydrogen (secondary N) is 1. The van der Waals surface area contributed by atoms with E-state index >= 15 is 0 Å². The normalized spacial score (nSPS) is 12.5. The van der Waals surface area contributed by atoms with Crippen LogP contribution in [0.25, 0.3) is 0 Å². The van der Waals surface area contributed by atoms with Gasteiger partial charge >= 0.3 is 0 Å². The van der Waals surface area contributed by atoms with Crippen molar-refractivity contribution in [2.75, 3.05) is 0 Å². The van der Waals surface area contributed by atoms with Gasteiger partial charge in [-0.2, -0.15) is 0 Å². The van der Waals surface area contributed by atoms with E-state index in [4.69, 9.17) is 23.2 Å². The maximum atomic E-state index is 12.2. The largest absolute Gasteiger partial charge is 0.294 e. The number of hydrogen-bond acceptors (Lipinski definition) is 3. The Morgan fingerprint density at radius 2 is 1.74 bits per heavy atom. The van der Waals surface area contributed by atoms with Gasteiger partial charge in [0.1, 0.15) is 4.90 Å². The summed E-state index contributed by atoms with van der Waals surface area (Å²) in [6.07, 6.45) is 0. The Labute approximate surface area is 123 Å². The molecular weight excluding hydrogens is 309 g/mol. The molecule has 0 aliphatic heterocycles. The van der Waals surface area contributed by atoms with E-state index in [1.54, 1.807) is 20.8 Å². The number of Topliss-reactive ketones (excluding diaryl/α,β-unsaturated/α-hetero) is 1. The second-order valence-electron chi connectivity index (χ2n) is 5.15. The van der Waals surface area contributed by atoms with Gasteiger partial charge in [-0.3, -0.25) is 4.79 Å². The van der Waals surface area contributed by atoms with Gasteiger partial charge < -0.3 is 0 Å². The van der Waals surface area contributed by atoms with Crippen molar-refractivity contribution in [1.29, 1.82) is 0 Å². The highest BCUT2D eigenvalue weighted by atomic mass is 35.5. The summed E-state index contributed by atoms with van der Waals surface area (Å²) in [6.45, 7) is 6.40. The van der Waals surface area contributed by atoms with Gasteiger partial charge in [-0.1, -0.05) is 23.2 Å². The molecule has 1 N–H and O–H groups in total. The van der Waals surface area contributed by atoms with E-state index in [-0.39, 0.29) is 26.3 Å². The van der Waals surface area contributed by atoms with Crippen molar-refractivity contribution >= 4 is 39.0 Å². The van der Waals surface area contributed by atoms with Crippen molar-refractivity contribution in [2.24, 2.45) is 0 Å². The second kappa shape index (κ2) is 5.40.